The molecule has 1 fully saturated rings. The van der Waals surface area contributed by atoms with E-state index in [1.54, 1.807) is 16.8 Å². The smallest absolute Gasteiger partial charge is 0.317 e. The first kappa shape index (κ1) is 17.0. The summed E-state index contributed by atoms with van der Waals surface area (Å²) in [7, 11) is 1.38. The number of aromatic nitrogens is 2. The normalized spacial score (nSPS) is 14.6. The molecule has 1 aliphatic rings. The summed E-state index contributed by atoms with van der Waals surface area (Å²) in [5, 5.41) is 15.6. The van der Waals surface area contributed by atoms with Crippen LogP contribution in [0.2, 0.25) is 0 Å². The van der Waals surface area contributed by atoms with Crippen LogP contribution in [0, 0.1) is 10.1 Å². The highest BCUT2D eigenvalue weighted by Crippen LogP contribution is 2.50. The number of carbonyl (C=O) groups excluding carboxylic acids is 1. The van der Waals surface area contributed by atoms with Gasteiger partial charge in [0, 0.05) is 17.7 Å². The summed E-state index contributed by atoms with van der Waals surface area (Å²) in [4.78, 5) is 22.9. The number of ether oxygens (including phenoxy) is 1. The molecular formula is C20H17N3O4. The number of hydrogen-bond donors (Lipinski definition) is 0. The van der Waals surface area contributed by atoms with Crippen molar-refractivity contribution in [1.29, 1.82) is 0 Å². The predicted octanol–water partition coefficient (Wildman–Crippen LogP) is 3.65. The van der Waals surface area contributed by atoms with Gasteiger partial charge in [0.2, 0.25) is 0 Å². The molecule has 0 bridgehead atoms. The van der Waals surface area contributed by atoms with Gasteiger partial charge in [-0.15, -0.1) is 0 Å². The largest absolute Gasteiger partial charge is 0.468 e. The molecule has 1 saturated carbocycles. The molecule has 1 aromatic heterocycles. The van der Waals surface area contributed by atoms with Gasteiger partial charge in [0.05, 0.1) is 29.1 Å². The van der Waals surface area contributed by atoms with E-state index < -0.39 is 10.3 Å². The first-order valence-electron chi connectivity index (χ1n) is 8.54. The topological polar surface area (TPSA) is 87.3 Å². The van der Waals surface area contributed by atoms with Crippen molar-refractivity contribution in [3.8, 4) is 16.9 Å². The van der Waals surface area contributed by atoms with Crippen molar-refractivity contribution in [3.63, 3.8) is 0 Å². The molecule has 27 heavy (non-hydrogen) atoms. The van der Waals surface area contributed by atoms with E-state index in [9.17, 15) is 14.9 Å². The van der Waals surface area contributed by atoms with Crippen molar-refractivity contribution in [3.05, 3.63) is 76.5 Å². The molecule has 4 rings (SSSR count). The first-order valence-corrected chi connectivity index (χ1v) is 8.54. The number of carbonyl (C=O) groups is 1. The lowest BCUT2D eigenvalue weighted by Crippen LogP contribution is -2.25. The molecule has 0 N–H and O–H groups in total. The van der Waals surface area contributed by atoms with Gasteiger partial charge in [0.15, 0.2) is 0 Å². The van der Waals surface area contributed by atoms with Crippen LogP contribution in [0.1, 0.15) is 18.5 Å². The minimum atomic E-state index is -0.712. The van der Waals surface area contributed by atoms with Crippen molar-refractivity contribution < 1.29 is 14.5 Å². The zero-order valence-corrected chi connectivity index (χ0v) is 14.7. The molecule has 0 aliphatic heterocycles. The number of benzene rings is 2. The average molecular weight is 363 g/mol. The lowest BCUT2D eigenvalue weighted by atomic mass is 10.0. The van der Waals surface area contributed by atoms with E-state index in [2.05, 4.69) is 5.10 Å². The summed E-state index contributed by atoms with van der Waals surface area (Å²) >= 11 is 0. The lowest BCUT2D eigenvalue weighted by Gasteiger charge is -2.15. The second kappa shape index (κ2) is 6.35. The summed E-state index contributed by atoms with van der Waals surface area (Å²) in [5.41, 5.74) is 2.36. The van der Waals surface area contributed by atoms with Gasteiger partial charge in [-0.05, 0) is 31.0 Å². The number of methoxy groups -OCH3 is 1. The van der Waals surface area contributed by atoms with E-state index >= 15 is 0 Å². The van der Waals surface area contributed by atoms with E-state index in [1.807, 2.05) is 36.4 Å². The summed E-state index contributed by atoms with van der Waals surface area (Å²) in [6.07, 6.45) is 1.37. The molecule has 7 nitrogen and oxygen atoms in total. The molecule has 1 aliphatic carbocycles. The second-order valence-electron chi connectivity index (χ2n) is 6.54. The number of hydrogen-bond acceptors (Lipinski definition) is 5. The maximum atomic E-state index is 12.4. The molecule has 7 heteroatoms. The van der Waals surface area contributed by atoms with Crippen LogP contribution < -0.4 is 0 Å². The van der Waals surface area contributed by atoms with Crippen molar-refractivity contribution >= 4 is 11.7 Å². The molecule has 0 amide bonds. The number of nitrogens with zero attached hydrogens (tertiary/aromatic N) is 3. The minimum absolute atomic E-state index is 0.00448. The van der Waals surface area contributed by atoms with Crippen molar-refractivity contribution in [1.82, 2.24) is 9.78 Å². The van der Waals surface area contributed by atoms with Gasteiger partial charge >= 0.3 is 5.97 Å². The third-order valence-electron chi connectivity index (χ3n) is 4.90. The molecule has 0 radical (unpaired) electrons. The Labute approximate surface area is 155 Å². The third-order valence-corrected chi connectivity index (χ3v) is 4.90. The molecule has 1 heterocycles. The SMILES string of the molecule is COC(=O)C1(c2cc(-c3ccccc3)nn2-c2ccc([N+](=O)[O-])cc2)CC1. The standard InChI is InChI=1S/C20H17N3O4/c1-27-19(24)20(11-12-20)18-13-17(14-5-3-2-4-6-14)21-22(18)15-7-9-16(10-8-15)23(25)26/h2-10,13H,11-12H2,1H3. The van der Waals surface area contributed by atoms with Gasteiger partial charge in [-0.2, -0.15) is 5.10 Å². The second-order valence-corrected chi connectivity index (χ2v) is 6.54. The maximum absolute atomic E-state index is 12.4. The first-order chi connectivity index (χ1) is 13.0. The zero-order chi connectivity index (χ0) is 19.0. The summed E-state index contributed by atoms with van der Waals surface area (Å²) < 4.78 is 6.71. The highest BCUT2D eigenvalue weighted by atomic mass is 16.6. The average Bonchev–Trinajstić information content (AvgIpc) is 3.39. The number of non-ortho nitro benzene ring substituents is 1. The maximum Gasteiger partial charge on any atom is 0.317 e. The van der Waals surface area contributed by atoms with E-state index in [0.717, 1.165) is 17.0 Å². The molecule has 3 aromatic rings. The van der Waals surface area contributed by atoms with E-state index in [-0.39, 0.29) is 11.7 Å². The fraction of sp³-hybridized carbons (Fsp3) is 0.200. The Morgan fingerprint density at radius 2 is 1.81 bits per heavy atom. The van der Waals surface area contributed by atoms with E-state index in [4.69, 9.17) is 4.74 Å². The van der Waals surface area contributed by atoms with Crippen LogP contribution >= 0.6 is 0 Å². The van der Waals surface area contributed by atoms with Gasteiger partial charge in [-0.3, -0.25) is 14.9 Å². The minimum Gasteiger partial charge on any atom is -0.468 e. The van der Waals surface area contributed by atoms with Crippen LogP contribution in [-0.4, -0.2) is 27.8 Å². The monoisotopic (exact) mass is 363 g/mol. The molecule has 0 spiro atoms. The molecule has 2 aromatic carbocycles. The van der Waals surface area contributed by atoms with Gasteiger partial charge in [-0.1, -0.05) is 30.3 Å². The molecule has 0 unspecified atom stereocenters. The highest BCUT2D eigenvalue weighted by molar-refractivity contribution is 5.86. The fourth-order valence-electron chi connectivity index (χ4n) is 3.27. The Kier molecular flexibility index (Phi) is 3.99. The number of nitro groups is 1. The molecule has 136 valence electrons. The number of nitro benzene ring substituents is 1. The van der Waals surface area contributed by atoms with Crippen LogP contribution in [0.5, 0.6) is 0 Å². The summed E-state index contributed by atoms with van der Waals surface area (Å²) in [5.74, 6) is -0.287. The number of rotatable bonds is 5. The Morgan fingerprint density at radius 3 is 2.37 bits per heavy atom. The summed E-state index contributed by atoms with van der Waals surface area (Å²) in [6, 6.07) is 17.7. The summed E-state index contributed by atoms with van der Waals surface area (Å²) in [6.45, 7) is 0. The van der Waals surface area contributed by atoms with Gasteiger partial charge in [-0.25, -0.2) is 4.68 Å². The molecule has 0 saturated heterocycles. The van der Waals surface area contributed by atoms with Crippen LogP contribution in [0.25, 0.3) is 16.9 Å². The van der Waals surface area contributed by atoms with E-state index in [1.165, 1.54) is 19.2 Å². The Morgan fingerprint density at radius 1 is 1.15 bits per heavy atom. The fourth-order valence-corrected chi connectivity index (χ4v) is 3.27. The van der Waals surface area contributed by atoms with Crippen molar-refractivity contribution in [2.45, 2.75) is 18.3 Å². The van der Waals surface area contributed by atoms with Gasteiger partial charge in [0.1, 0.15) is 5.41 Å². The Hall–Kier alpha value is -3.48. The Bertz CT molecular complexity index is 1010. The van der Waals surface area contributed by atoms with Crippen LogP contribution in [0.3, 0.4) is 0 Å². The van der Waals surface area contributed by atoms with Crippen LogP contribution in [0.4, 0.5) is 5.69 Å². The van der Waals surface area contributed by atoms with Crippen LogP contribution in [-0.2, 0) is 14.9 Å². The quantitative estimate of drug-likeness (QED) is 0.392. The van der Waals surface area contributed by atoms with Gasteiger partial charge < -0.3 is 4.74 Å². The van der Waals surface area contributed by atoms with Crippen molar-refractivity contribution in [2.75, 3.05) is 7.11 Å². The highest BCUT2D eigenvalue weighted by Gasteiger charge is 2.55. The predicted molar refractivity (Wildman–Crippen MR) is 98.6 cm³/mol. The zero-order valence-electron chi connectivity index (χ0n) is 14.7. The lowest BCUT2D eigenvalue weighted by molar-refractivity contribution is -0.384. The molecule has 0 atom stereocenters. The van der Waals surface area contributed by atoms with Crippen LogP contribution in [0.15, 0.2) is 60.7 Å². The van der Waals surface area contributed by atoms with Crippen molar-refractivity contribution in [2.24, 2.45) is 0 Å². The van der Waals surface area contributed by atoms with E-state index in [0.29, 0.717) is 18.5 Å². The Balaban J connectivity index is 1.85. The molecular weight excluding hydrogens is 346 g/mol. The number of esters is 1. The third kappa shape index (κ3) is 2.87. The van der Waals surface area contributed by atoms with Gasteiger partial charge in [0.25, 0.3) is 5.69 Å².